The number of carbonyl (C=O) groups is 1. The van der Waals surface area contributed by atoms with Crippen LogP contribution in [0.5, 0.6) is 0 Å². The Kier molecular flexibility index (Phi) is 8.20. The zero-order valence-corrected chi connectivity index (χ0v) is 21.3. The first-order valence-corrected chi connectivity index (χ1v) is 13.9. The molecule has 0 bridgehead atoms. The van der Waals surface area contributed by atoms with Crippen LogP contribution in [0.2, 0.25) is 0 Å². The topological polar surface area (TPSA) is 26.8 Å². The molecule has 2 fully saturated rings. The Hall–Kier alpha value is -2.47. The number of rotatable bonds is 10. The molecule has 3 heterocycles. The van der Waals surface area contributed by atoms with Crippen molar-refractivity contribution in [2.24, 2.45) is 0 Å². The molecule has 0 radical (unpaired) electrons. The van der Waals surface area contributed by atoms with Gasteiger partial charge in [-0.25, -0.2) is 8.78 Å². The van der Waals surface area contributed by atoms with Crippen molar-refractivity contribution < 1.29 is 13.6 Å². The fraction of sp³-hybridized carbons (Fsp3) is 0.567. The van der Waals surface area contributed by atoms with Gasteiger partial charge in [-0.3, -0.25) is 4.79 Å². The zero-order chi connectivity index (χ0) is 24.9. The van der Waals surface area contributed by atoms with Gasteiger partial charge in [0.2, 0.25) is 5.91 Å². The Morgan fingerprint density at radius 2 is 1.53 bits per heavy atom. The molecular weight excluding hydrogens is 456 g/mol. The second-order valence-electron chi connectivity index (χ2n) is 10.8. The highest BCUT2D eigenvalue weighted by Crippen LogP contribution is 2.48. The maximum absolute atomic E-state index is 14.2. The van der Waals surface area contributed by atoms with E-state index in [0.717, 1.165) is 81.8 Å². The molecule has 194 valence electrons. The summed E-state index contributed by atoms with van der Waals surface area (Å²) in [6.45, 7) is 4.97. The molecule has 0 unspecified atom stereocenters. The SMILES string of the molecule is O=C1CCCCN1CCCCCCCCN1CC[C@@H]2[C@@H](C1)c1cc(F)ccc1N2c1ccc(F)cc1. The van der Waals surface area contributed by atoms with Crippen LogP contribution in [0.3, 0.4) is 0 Å². The molecule has 3 aliphatic heterocycles. The minimum Gasteiger partial charge on any atom is -0.343 e. The third-order valence-corrected chi connectivity index (χ3v) is 8.32. The lowest BCUT2D eigenvalue weighted by Crippen LogP contribution is -2.45. The van der Waals surface area contributed by atoms with Gasteiger partial charge in [0.15, 0.2) is 0 Å². The standard InChI is InChI=1S/C30H39F2N3O/c31-23-10-13-25(14-11-23)35-28-15-12-24(32)21-26(28)27-22-33(20-16-29(27)35)17-6-3-1-2-4-7-18-34-19-8-5-9-30(34)36/h10-15,21,27,29H,1-9,16-20,22H2/t27-,29+/m0/s1. The van der Waals surface area contributed by atoms with Crippen LogP contribution >= 0.6 is 0 Å². The molecule has 3 aliphatic rings. The largest absolute Gasteiger partial charge is 0.343 e. The summed E-state index contributed by atoms with van der Waals surface area (Å²) in [5.74, 6) is 0.196. The normalized spacial score (nSPS) is 22.1. The zero-order valence-electron chi connectivity index (χ0n) is 21.3. The van der Waals surface area contributed by atoms with E-state index in [1.165, 1.54) is 50.3 Å². The summed E-state index contributed by atoms with van der Waals surface area (Å²) < 4.78 is 27.7. The number of piperidine rings is 2. The number of amides is 1. The van der Waals surface area contributed by atoms with Crippen LogP contribution in [0.15, 0.2) is 42.5 Å². The molecule has 2 aromatic carbocycles. The van der Waals surface area contributed by atoms with Gasteiger partial charge in [-0.1, -0.05) is 25.7 Å². The molecule has 36 heavy (non-hydrogen) atoms. The van der Waals surface area contributed by atoms with Crippen LogP contribution in [0.1, 0.15) is 75.7 Å². The molecule has 0 saturated carbocycles. The second kappa shape index (κ2) is 11.7. The number of likely N-dealkylation sites (tertiary alicyclic amines) is 2. The van der Waals surface area contributed by atoms with Crippen molar-refractivity contribution >= 4 is 17.3 Å². The molecule has 1 amide bonds. The highest BCUT2D eigenvalue weighted by Gasteiger charge is 2.42. The van der Waals surface area contributed by atoms with E-state index >= 15 is 0 Å². The van der Waals surface area contributed by atoms with E-state index in [-0.39, 0.29) is 23.6 Å². The van der Waals surface area contributed by atoms with Crippen LogP contribution in [-0.2, 0) is 4.79 Å². The number of unbranched alkanes of at least 4 members (excludes halogenated alkanes) is 5. The number of anilines is 2. The van der Waals surface area contributed by atoms with Gasteiger partial charge in [0.05, 0.1) is 0 Å². The first-order chi connectivity index (χ1) is 17.6. The molecule has 4 nitrogen and oxygen atoms in total. The molecule has 0 spiro atoms. The smallest absolute Gasteiger partial charge is 0.222 e. The molecule has 0 N–H and O–H groups in total. The van der Waals surface area contributed by atoms with E-state index in [2.05, 4.69) is 14.7 Å². The Morgan fingerprint density at radius 1 is 0.806 bits per heavy atom. The first-order valence-electron chi connectivity index (χ1n) is 13.9. The molecule has 5 rings (SSSR count). The van der Waals surface area contributed by atoms with Gasteiger partial charge in [-0.2, -0.15) is 0 Å². The number of hydrogen-bond acceptors (Lipinski definition) is 3. The monoisotopic (exact) mass is 495 g/mol. The summed E-state index contributed by atoms with van der Waals surface area (Å²) in [4.78, 5) is 18.8. The van der Waals surface area contributed by atoms with E-state index in [0.29, 0.717) is 5.91 Å². The number of carbonyl (C=O) groups excluding carboxylic acids is 1. The highest BCUT2D eigenvalue weighted by atomic mass is 19.1. The fourth-order valence-electron chi connectivity index (χ4n) is 6.42. The summed E-state index contributed by atoms with van der Waals surface area (Å²) in [6, 6.07) is 12.1. The summed E-state index contributed by atoms with van der Waals surface area (Å²) in [5, 5.41) is 0. The third kappa shape index (κ3) is 5.74. The molecule has 2 saturated heterocycles. The van der Waals surface area contributed by atoms with Crippen LogP contribution in [0.4, 0.5) is 20.2 Å². The van der Waals surface area contributed by atoms with Gasteiger partial charge in [-0.05, 0) is 86.7 Å². The van der Waals surface area contributed by atoms with E-state index in [1.807, 2.05) is 18.2 Å². The van der Waals surface area contributed by atoms with Crippen LogP contribution in [0.25, 0.3) is 0 Å². The average molecular weight is 496 g/mol. The minimum absolute atomic E-state index is 0.185. The van der Waals surface area contributed by atoms with Crippen molar-refractivity contribution in [3.05, 3.63) is 59.7 Å². The van der Waals surface area contributed by atoms with Gasteiger partial charge in [0.1, 0.15) is 11.6 Å². The number of fused-ring (bicyclic) bond motifs is 3. The number of nitrogens with zero attached hydrogens (tertiary/aromatic N) is 3. The third-order valence-electron chi connectivity index (χ3n) is 8.32. The average Bonchev–Trinajstić information content (AvgIpc) is 3.20. The summed E-state index contributed by atoms with van der Waals surface area (Å²) in [7, 11) is 0. The Balaban J connectivity index is 1.07. The van der Waals surface area contributed by atoms with Crippen LogP contribution in [-0.4, -0.2) is 54.5 Å². The molecular formula is C30H39F2N3O. The second-order valence-corrected chi connectivity index (χ2v) is 10.8. The van der Waals surface area contributed by atoms with Gasteiger partial charge >= 0.3 is 0 Å². The van der Waals surface area contributed by atoms with E-state index in [1.54, 1.807) is 6.07 Å². The maximum atomic E-state index is 14.2. The first kappa shape index (κ1) is 25.2. The van der Waals surface area contributed by atoms with Crippen LogP contribution < -0.4 is 4.90 Å². The van der Waals surface area contributed by atoms with Crippen molar-refractivity contribution in [2.75, 3.05) is 37.6 Å². The van der Waals surface area contributed by atoms with Gasteiger partial charge in [-0.15, -0.1) is 0 Å². The lowest BCUT2D eigenvalue weighted by Gasteiger charge is -2.39. The maximum Gasteiger partial charge on any atom is 0.222 e. The van der Waals surface area contributed by atoms with E-state index in [9.17, 15) is 13.6 Å². The van der Waals surface area contributed by atoms with Crippen molar-refractivity contribution in [3.63, 3.8) is 0 Å². The quantitative estimate of drug-likeness (QED) is 0.346. The van der Waals surface area contributed by atoms with Gasteiger partial charge < -0.3 is 14.7 Å². The molecule has 0 aromatic heterocycles. The van der Waals surface area contributed by atoms with Gasteiger partial charge in [0, 0.05) is 55.9 Å². The fourth-order valence-corrected chi connectivity index (χ4v) is 6.42. The number of benzene rings is 2. The number of hydrogen-bond donors (Lipinski definition) is 0. The van der Waals surface area contributed by atoms with Gasteiger partial charge in [0.25, 0.3) is 0 Å². The highest BCUT2D eigenvalue weighted by molar-refractivity contribution is 5.76. The molecule has 6 heteroatoms. The van der Waals surface area contributed by atoms with Crippen molar-refractivity contribution in [3.8, 4) is 0 Å². The summed E-state index contributed by atoms with van der Waals surface area (Å²) >= 11 is 0. The minimum atomic E-state index is -0.235. The molecule has 2 atom stereocenters. The van der Waals surface area contributed by atoms with E-state index in [4.69, 9.17) is 0 Å². The lowest BCUT2D eigenvalue weighted by molar-refractivity contribution is -0.133. The van der Waals surface area contributed by atoms with Crippen molar-refractivity contribution in [2.45, 2.75) is 76.2 Å². The van der Waals surface area contributed by atoms with Crippen molar-refractivity contribution in [1.29, 1.82) is 0 Å². The number of halogens is 2. The predicted molar refractivity (Wildman–Crippen MR) is 141 cm³/mol. The Bertz CT molecular complexity index is 1030. The van der Waals surface area contributed by atoms with Crippen molar-refractivity contribution in [1.82, 2.24) is 9.80 Å². The Labute approximate surface area is 214 Å². The molecule has 0 aliphatic carbocycles. The van der Waals surface area contributed by atoms with Crippen LogP contribution in [0, 0.1) is 11.6 Å². The Morgan fingerprint density at radius 3 is 2.31 bits per heavy atom. The lowest BCUT2D eigenvalue weighted by atomic mass is 9.88. The summed E-state index contributed by atoms with van der Waals surface area (Å²) in [6.07, 6.45) is 11.2. The van der Waals surface area contributed by atoms with E-state index < -0.39 is 0 Å². The molecule has 2 aromatic rings. The summed E-state index contributed by atoms with van der Waals surface area (Å²) in [5.41, 5.74) is 3.13. The predicted octanol–water partition coefficient (Wildman–Crippen LogP) is 6.63.